The van der Waals surface area contributed by atoms with Crippen molar-refractivity contribution in [2.24, 2.45) is 4.99 Å². The van der Waals surface area contributed by atoms with Crippen molar-refractivity contribution >= 4 is 16.9 Å². The second-order valence-corrected chi connectivity index (χ2v) is 7.18. The molecule has 0 saturated carbocycles. The molecule has 148 valence electrons. The number of hydrogen-bond donors (Lipinski definition) is 3. The molecule has 1 aliphatic heterocycles. The average Bonchev–Trinajstić information content (AvgIpc) is 2.94. The van der Waals surface area contributed by atoms with Crippen LogP contribution in [-0.2, 0) is 6.42 Å². The number of hydrogen-bond acceptors (Lipinski definition) is 3. The summed E-state index contributed by atoms with van der Waals surface area (Å²) >= 11 is 0. The van der Waals surface area contributed by atoms with E-state index in [9.17, 15) is 4.39 Å². The van der Waals surface area contributed by atoms with Crippen LogP contribution in [0.1, 0.15) is 12.0 Å². The van der Waals surface area contributed by atoms with Crippen LogP contribution < -0.4 is 10.6 Å². The predicted molar refractivity (Wildman–Crippen MR) is 110 cm³/mol. The van der Waals surface area contributed by atoms with Gasteiger partial charge in [-0.25, -0.2) is 4.39 Å². The van der Waals surface area contributed by atoms with Crippen molar-refractivity contribution in [2.75, 3.05) is 59.9 Å². The summed E-state index contributed by atoms with van der Waals surface area (Å²) in [6, 6.07) is 4.85. The predicted octanol–water partition coefficient (Wildman–Crippen LogP) is 1.65. The lowest BCUT2D eigenvalue weighted by Crippen LogP contribution is -2.42. The van der Waals surface area contributed by atoms with E-state index < -0.39 is 0 Å². The van der Waals surface area contributed by atoms with Crippen molar-refractivity contribution in [3.05, 3.63) is 35.8 Å². The minimum atomic E-state index is -0.200. The lowest BCUT2D eigenvalue weighted by atomic mass is 10.1. The van der Waals surface area contributed by atoms with E-state index in [0.29, 0.717) is 0 Å². The van der Waals surface area contributed by atoms with E-state index in [-0.39, 0.29) is 5.82 Å². The quantitative estimate of drug-likeness (QED) is 0.532. The van der Waals surface area contributed by atoms with Gasteiger partial charge in [0.15, 0.2) is 5.96 Å². The van der Waals surface area contributed by atoms with Gasteiger partial charge in [0.1, 0.15) is 5.82 Å². The van der Waals surface area contributed by atoms with Crippen LogP contribution >= 0.6 is 0 Å². The van der Waals surface area contributed by atoms with Gasteiger partial charge in [-0.15, -0.1) is 0 Å². The first-order valence-corrected chi connectivity index (χ1v) is 9.76. The van der Waals surface area contributed by atoms with Crippen molar-refractivity contribution in [1.29, 1.82) is 0 Å². The number of aromatic amines is 1. The number of rotatable bonds is 6. The Morgan fingerprint density at radius 2 is 2.04 bits per heavy atom. The monoisotopic (exact) mass is 374 g/mol. The molecule has 0 bridgehead atoms. The fraction of sp³-hybridized carbons (Fsp3) is 0.550. The van der Waals surface area contributed by atoms with E-state index in [2.05, 4.69) is 37.5 Å². The Morgan fingerprint density at radius 3 is 2.89 bits per heavy atom. The third kappa shape index (κ3) is 5.68. The summed E-state index contributed by atoms with van der Waals surface area (Å²) in [4.78, 5) is 12.4. The van der Waals surface area contributed by atoms with Gasteiger partial charge >= 0.3 is 0 Å². The second-order valence-electron chi connectivity index (χ2n) is 7.18. The number of aliphatic imine (C=N–C) groups is 1. The fourth-order valence-corrected chi connectivity index (χ4v) is 3.55. The van der Waals surface area contributed by atoms with Gasteiger partial charge in [-0.2, -0.15) is 0 Å². The highest BCUT2D eigenvalue weighted by Crippen LogP contribution is 2.19. The molecule has 1 aliphatic rings. The molecule has 0 spiro atoms. The van der Waals surface area contributed by atoms with Gasteiger partial charge in [0.2, 0.25) is 0 Å². The van der Waals surface area contributed by atoms with Gasteiger partial charge in [-0.05, 0) is 56.7 Å². The van der Waals surface area contributed by atoms with Crippen LogP contribution in [-0.4, -0.2) is 80.7 Å². The lowest BCUT2D eigenvalue weighted by molar-refractivity contribution is 0.280. The molecule has 1 saturated heterocycles. The Hall–Kier alpha value is -2.12. The van der Waals surface area contributed by atoms with Gasteiger partial charge in [-0.1, -0.05) is 0 Å². The van der Waals surface area contributed by atoms with E-state index in [1.807, 2.05) is 6.20 Å². The minimum Gasteiger partial charge on any atom is -0.361 e. The third-order valence-electron chi connectivity index (χ3n) is 5.17. The van der Waals surface area contributed by atoms with Crippen LogP contribution in [0.2, 0.25) is 0 Å². The molecule has 2 heterocycles. The molecule has 1 aromatic carbocycles. The molecule has 0 unspecified atom stereocenters. The molecule has 6 nitrogen and oxygen atoms in total. The van der Waals surface area contributed by atoms with Crippen LogP contribution in [0.25, 0.3) is 10.9 Å². The molecule has 27 heavy (non-hydrogen) atoms. The molecule has 3 rings (SSSR count). The van der Waals surface area contributed by atoms with Gasteiger partial charge in [0, 0.05) is 56.9 Å². The van der Waals surface area contributed by atoms with Crippen molar-refractivity contribution < 1.29 is 4.39 Å². The standard InChI is InChI=1S/C20H31FN6/c1-22-20(24-8-11-27-10-3-9-26(2)12-13-27)23-7-6-16-15-25-19-5-4-17(21)14-18(16)19/h4-5,14-15,25H,3,6-13H2,1-2H3,(H2,22,23,24). The number of halogens is 1. The Balaban J connectivity index is 1.40. The summed E-state index contributed by atoms with van der Waals surface area (Å²) in [5.74, 6) is 0.612. The summed E-state index contributed by atoms with van der Waals surface area (Å²) in [6.07, 6.45) is 4.00. The largest absolute Gasteiger partial charge is 0.361 e. The van der Waals surface area contributed by atoms with E-state index in [1.54, 1.807) is 19.2 Å². The maximum Gasteiger partial charge on any atom is 0.191 e. The topological polar surface area (TPSA) is 58.7 Å². The highest BCUT2D eigenvalue weighted by atomic mass is 19.1. The lowest BCUT2D eigenvalue weighted by Gasteiger charge is -2.21. The molecule has 7 heteroatoms. The minimum absolute atomic E-state index is 0.200. The average molecular weight is 375 g/mol. The highest BCUT2D eigenvalue weighted by molar-refractivity contribution is 5.83. The molecular weight excluding hydrogens is 343 g/mol. The molecular formula is C20H31FN6. The summed E-state index contributed by atoms with van der Waals surface area (Å²) in [7, 11) is 3.98. The molecule has 3 N–H and O–H groups in total. The molecule has 1 fully saturated rings. The van der Waals surface area contributed by atoms with Crippen molar-refractivity contribution in [2.45, 2.75) is 12.8 Å². The number of benzene rings is 1. The van der Waals surface area contributed by atoms with E-state index in [0.717, 1.165) is 68.1 Å². The third-order valence-corrected chi connectivity index (χ3v) is 5.17. The van der Waals surface area contributed by atoms with Gasteiger partial charge in [0.25, 0.3) is 0 Å². The number of nitrogens with one attached hydrogen (secondary N) is 3. The Bertz CT molecular complexity index is 756. The van der Waals surface area contributed by atoms with Gasteiger partial charge in [-0.3, -0.25) is 4.99 Å². The second kappa shape index (κ2) is 9.71. The van der Waals surface area contributed by atoms with Crippen molar-refractivity contribution in [1.82, 2.24) is 25.4 Å². The van der Waals surface area contributed by atoms with Crippen LogP contribution in [0.4, 0.5) is 4.39 Å². The molecule has 0 radical (unpaired) electrons. The first-order valence-electron chi connectivity index (χ1n) is 9.76. The molecule has 0 aliphatic carbocycles. The molecule has 1 aromatic heterocycles. The number of likely N-dealkylation sites (N-methyl/N-ethyl adjacent to an activating group) is 1. The van der Waals surface area contributed by atoms with Crippen molar-refractivity contribution in [3.8, 4) is 0 Å². The first kappa shape index (κ1) is 19.6. The Kier molecular flexibility index (Phi) is 7.06. The maximum absolute atomic E-state index is 13.5. The number of aromatic nitrogens is 1. The Labute approximate surface area is 160 Å². The highest BCUT2D eigenvalue weighted by Gasteiger charge is 2.11. The Morgan fingerprint density at radius 1 is 1.19 bits per heavy atom. The summed E-state index contributed by atoms with van der Waals surface area (Å²) in [6.45, 7) is 7.26. The van der Waals surface area contributed by atoms with E-state index in [4.69, 9.17) is 0 Å². The van der Waals surface area contributed by atoms with Crippen molar-refractivity contribution in [3.63, 3.8) is 0 Å². The normalized spacial score (nSPS) is 17.2. The smallest absolute Gasteiger partial charge is 0.191 e. The van der Waals surface area contributed by atoms with E-state index >= 15 is 0 Å². The van der Waals surface area contributed by atoms with Crippen LogP contribution in [0.3, 0.4) is 0 Å². The zero-order valence-electron chi connectivity index (χ0n) is 16.4. The fourth-order valence-electron chi connectivity index (χ4n) is 3.55. The number of H-pyrrole nitrogens is 1. The summed E-state index contributed by atoms with van der Waals surface area (Å²) in [5, 5.41) is 7.69. The van der Waals surface area contributed by atoms with Gasteiger partial charge in [0.05, 0.1) is 0 Å². The number of fused-ring (bicyclic) bond motifs is 1. The maximum atomic E-state index is 13.5. The van der Waals surface area contributed by atoms with Crippen LogP contribution in [0.15, 0.2) is 29.4 Å². The summed E-state index contributed by atoms with van der Waals surface area (Å²) < 4.78 is 13.5. The zero-order valence-corrected chi connectivity index (χ0v) is 16.4. The summed E-state index contributed by atoms with van der Waals surface area (Å²) in [5.41, 5.74) is 2.08. The number of nitrogens with zero attached hydrogens (tertiary/aromatic N) is 3. The van der Waals surface area contributed by atoms with E-state index in [1.165, 1.54) is 19.0 Å². The SMILES string of the molecule is CN=C(NCCc1c[nH]c2ccc(F)cc12)NCCN1CCCN(C)CC1. The molecule has 2 aromatic rings. The van der Waals surface area contributed by atoms with Crippen LogP contribution in [0, 0.1) is 5.82 Å². The first-order chi connectivity index (χ1) is 13.2. The van der Waals surface area contributed by atoms with Crippen LogP contribution in [0.5, 0.6) is 0 Å². The van der Waals surface area contributed by atoms with Gasteiger partial charge < -0.3 is 25.4 Å². The molecule has 0 atom stereocenters. The number of guanidine groups is 1. The molecule has 0 amide bonds. The zero-order chi connectivity index (χ0) is 19.1.